The molecule has 0 unspecified atom stereocenters. The molecular formula is C24H25N7O5S. The second-order valence-electron chi connectivity index (χ2n) is 8.43. The van der Waals surface area contributed by atoms with Crippen molar-refractivity contribution in [1.29, 1.82) is 0 Å². The van der Waals surface area contributed by atoms with Crippen molar-refractivity contribution in [3.63, 3.8) is 0 Å². The van der Waals surface area contributed by atoms with Gasteiger partial charge in [0.25, 0.3) is 15.6 Å². The maximum atomic E-state index is 13.5. The van der Waals surface area contributed by atoms with Crippen molar-refractivity contribution in [1.82, 2.24) is 23.8 Å². The Kier molecular flexibility index (Phi) is 6.63. The number of nitrogen functional groups attached to an aromatic ring is 1. The van der Waals surface area contributed by atoms with Crippen molar-refractivity contribution >= 4 is 38.5 Å². The normalized spacial score (nSPS) is 14.1. The van der Waals surface area contributed by atoms with E-state index in [4.69, 9.17) is 10.5 Å². The SMILES string of the molecule is Nc1cnc(N2CCOCC2)n(CC(=O)NCc2cc3cnccc3n2S(=O)(=O)c2ccccc2)c1=O. The summed E-state index contributed by atoms with van der Waals surface area (Å²) < 4.78 is 34.8. The summed E-state index contributed by atoms with van der Waals surface area (Å²) in [5.74, 6) is -0.180. The van der Waals surface area contributed by atoms with Crippen LogP contribution in [0.3, 0.4) is 0 Å². The van der Waals surface area contributed by atoms with Gasteiger partial charge in [-0.3, -0.25) is 19.1 Å². The number of carbonyl (C=O) groups excluding carboxylic acids is 1. The number of nitrogens with one attached hydrogen (secondary N) is 1. The quantitative estimate of drug-likeness (QED) is 0.354. The van der Waals surface area contributed by atoms with Crippen LogP contribution in [-0.2, 0) is 32.6 Å². The van der Waals surface area contributed by atoms with Gasteiger partial charge < -0.3 is 20.7 Å². The first kappa shape index (κ1) is 24.5. The summed E-state index contributed by atoms with van der Waals surface area (Å²) in [6.45, 7) is 1.55. The lowest BCUT2D eigenvalue weighted by atomic mass is 10.3. The molecule has 0 saturated carbocycles. The van der Waals surface area contributed by atoms with E-state index in [2.05, 4.69) is 15.3 Å². The van der Waals surface area contributed by atoms with E-state index >= 15 is 0 Å². The topological polar surface area (TPSA) is 154 Å². The van der Waals surface area contributed by atoms with Gasteiger partial charge >= 0.3 is 0 Å². The van der Waals surface area contributed by atoms with E-state index in [0.717, 1.165) is 0 Å². The molecule has 0 atom stereocenters. The van der Waals surface area contributed by atoms with Crippen molar-refractivity contribution in [3.8, 4) is 0 Å². The predicted molar refractivity (Wildman–Crippen MR) is 137 cm³/mol. The molecule has 3 N–H and O–H groups in total. The van der Waals surface area contributed by atoms with E-state index in [9.17, 15) is 18.0 Å². The zero-order valence-electron chi connectivity index (χ0n) is 19.8. The summed E-state index contributed by atoms with van der Waals surface area (Å²) in [5, 5.41) is 3.34. The number of ether oxygens (including phenoxy) is 1. The highest BCUT2D eigenvalue weighted by atomic mass is 32.2. The number of hydrogen-bond acceptors (Lipinski definition) is 9. The third kappa shape index (κ3) is 4.78. The number of nitrogens with two attached hydrogens (primary N) is 1. The van der Waals surface area contributed by atoms with Crippen molar-refractivity contribution in [2.75, 3.05) is 36.9 Å². The monoisotopic (exact) mass is 523 g/mol. The average Bonchev–Trinajstić information content (AvgIpc) is 3.30. The average molecular weight is 524 g/mol. The molecule has 1 aliphatic heterocycles. The van der Waals surface area contributed by atoms with Gasteiger partial charge in [-0.05, 0) is 24.3 Å². The van der Waals surface area contributed by atoms with Crippen LogP contribution in [0.2, 0.25) is 0 Å². The van der Waals surface area contributed by atoms with Crippen molar-refractivity contribution in [3.05, 3.63) is 77.1 Å². The van der Waals surface area contributed by atoms with Crippen LogP contribution in [0.25, 0.3) is 10.9 Å². The first-order chi connectivity index (χ1) is 17.9. The molecule has 0 bridgehead atoms. The highest BCUT2D eigenvalue weighted by Gasteiger charge is 2.24. The Bertz CT molecular complexity index is 1610. The number of anilines is 2. The zero-order valence-corrected chi connectivity index (χ0v) is 20.6. The van der Waals surface area contributed by atoms with Gasteiger partial charge in [-0.25, -0.2) is 17.4 Å². The lowest BCUT2D eigenvalue weighted by molar-refractivity contribution is -0.121. The summed E-state index contributed by atoms with van der Waals surface area (Å²) in [6.07, 6.45) is 4.35. The maximum absolute atomic E-state index is 13.5. The number of hydrogen-bond donors (Lipinski definition) is 2. The Morgan fingerprint density at radius 3 is 2.62 bits per heavy atom. The van der Waals surface area contributed by atoms with E-state index in [1.54, 1.807) is 36.5 Å². The molecule has 5 rings (SSSR count). The first-order valence-corrected chi connectivity index (χ1v) is 13.0. The summed E-state index contributed by atoms with van der Waals surface area (Å²) >= 11 is 0. The van der Waals surface area contributed by atoms with Crippen molar-refractivity contribution in [2.45, 2.75) is 18.0 Å². The van der Waals surface area contributed by atoms with Crippen LogP contribution in [0.1, 0.15) is 5.69 Å². The maximum Gasteiger partial charge on any atom is 0.278 e. The van der Waals surface area contributed by atoms with Crippen LogP contribution in [-0.4, -0.2) is 59.1 Å². The fourth-order valence-corrected chi connectivity index (χ4v) is 5.80. The summed E-state index contributed by atoms with van der Waals surface area (Å²) in [4.78, 5) is 36.1. The molecular weight excluding hydrogens is 498 g/mol. The Hall–Kier alpha value is -4.23. The predicted octanol–water partition coefficient (Wildman–Crippen LogP) is 0.565. The van der Waals surface area contributed by atoms with Gasteiger partial charge in [0.15, 0.2) is 0 Å². The number of benzene rings is 1. The minimum atomic E-state index is -3.96. The number of aromatic nitrogens is 4. The number of fused-ring (bicyclic) bond motifs is 1. The number of rotatable bonds is 7. The molecule has 37 heavy (non-hydrogen) atoms. The van der Waals surface area contributed by atoms with Crippen LogP contribution >= 0.6 is 0 Å². The molecule has 0 aliphatic carbocycles. The number of pyridine rings is 1. The van der Waals surface area contributed by atoms with Crippen molar-refractivity contribution in [2.24, 2.45) is 0 Å². The molecule has 1 amide bonds. The second-order valence-corrected chi connectivity index (χ2v) is 10.2. The number of morpholine rings is 1. The van der Waals surface area contributed by atoms with Crippen LogP contribution in [0, 0.1) is 0 Å². The number of carbonyl (C=O) groups is 1. The highest BCUT2D eigenvalue weighted by Crippen LogP contribution is 2.25. The van der Waals surface area contributed by atoms with E-state index in [1.165, 1.54) is 33.1 Å². The minimum absolute atomic E-state index is 0.0774. The van der Waals surface area contributed by atoms with Crippen LogP contribution in [0.4, 0.5) is 11.6 Å². The molecule has 0 spiro atoms. The lowest BCUT2D eigenvalue weighted by Crippen LogP contribution is -2.42. The van der Waals surface area contributed by atoms with Gasteiger partial charge in [0.05, 0.1) is 42.1 Å². The molecule has 4 aromatic rings. The zero-order chi connectivity index (χ0) is 26.0. The molecule has 1 fully saturated rings. The van der Waals surface area contributed by atoms with Gasteiger partial charge in [-0.15, -0.1) is 0 Å². The van der Waals surface area contributed by atoms with E-state index < -0.39 is 21.5 Å². The second kappa shape index (κ2) is 10.0. The molecule has 0 radical (unpaired) electrons. The van der Waals surface area contributed by atoms with Crippen LogP contribution < -0.4 is 21.5 Å². The lowest BCUT2D eigenvalue weighted by Gasteiger charge is -2.29. The van der Waals surface area contributed by atoms with E-state index in [-0.39, 0.29) is 23.7 Å². The third-order valence-corrected chi connectivity index (χ3v) is 7.81. The molecule has 13 heteroatoms. The minimum Gasteiger partial charge on any atom is -0.393 e. The molecule has 12 nitrogen and oxygen atoms in total. The van der Waals surface area contributed by atoms with E-state index in [1.807, 2.05) is 4.90 Å². The molecule has 3 aromatic heterocycles. The van der Waals surface area contributed by atoms with Crippen LogP contribution in [0.5, 0.6) is 0 Å². The Labute approximate surface area is 212 Å². The van der Waals surface area contributed by atoms with Gasteiger partial charge in [0, 0.05) is 30.9 Å². The van der Waals surface area contributed by atoms with Gasteiger partial charge in [0.2, 0.25) is 11.9 Å². The summed E-state index contributed by atoms with van der Waals surface area (Å²) in [7, 11) is -3.96. The third-order valence-electron chi connectivity index (χ3n) is 6.03. The largest absolute Gasteiger partial charge is 0.393 e. The fourth-order valence-electron chi connectivity index (χ4n) is 4.24. The van der Waals surface area contributed by atoms with Gasteiger partial charge in [-0.1, -0.05) is 18.2 Å². The number of nitrogens with zero attached hydrogens (tertiary/aromatic N) is 5. The highest BCUT2D eigenvalue weighted by molar-refractivity contribution is 7.90. The molecule has 1 aliphatic rings. The summed E-state index contributed by atoms with van der Waals surface area (Å²) in [5.41, 5.74) is 5.95. The Balaban J connectivity index is 1.43. The van der Waals surface area contributed by atoms with Gasteiger partial charge in [0.1, 0.15) is 12.2 Å². The van der Waals surface area contributed by atoms with E-state index in [0.29, 0.717) is 48.8 Å². The molecule has 192 valence electrons. The molecule has 1 saturated heterocycles. The van der Waals surface area contributed by atoms with Gasteiger partial charge in [-0.2, -0.15) is 0 Å². The van der Waals surface area contributed by atoms with Crippen molar-refractivity contribution < 1.29 is 17.9 Å². The first-order valence-electron chi connectivity index (χ1n) is 11.6. The number of amides is 1. The molecule has 1 aromatic carbocycles. The Morgan fingerprint density at radius 1 is 1.11 bits per heavy atom. The molecule has 4 heterocycles. The Morgan fingerprint density at radius 2 is 1.86 bits per heavy atom. The smallest absolute Gasteiger partial charge is 0.278 e. The standard InChI is InChI=1S/C24H25N7O5S/c25-20-15-28-24(29-8-10-36-11-9-29)30(23(20)33)16-22(32)27-14-18-12-17-13-26-7-6-21(17)31(18)37(34,35)19-4-2-1-3-5-19/h1-7,12-13,15H,8-11,14,16,25H2,(H,27,32). The summed E-state index contributed by atoms with van der Waals surface area (Å²) in [6, 6.07) is 11.3. The van der Waals surface area contributed by atoms with Crippen LogP contribution in [0.15, 0.2) is 70.7 Å². The fraction of sp³-hybridized carbons (Fsp3) is 0.250.